The van der Waals surface area contributed by atoms with E-state index >= 15 is 0 Å². The number of fused-ring (bicyclic) bond motifs is 1. The van der Waals surface area contributed by atoms with Gasteiger partial charge >= 0.3 is 11.7 Å². The van der Waals surface area contributed by atoms with E-state index in [9.17, 15) is 22.8 Å². The molecule has 0 saturated carbocycles. The molecule has 0 aliphatic carbocycles. The summed E-state index contributed by atoms with van der Waals surface area (Å²) in [7, 11) is 0. The molecule has 0 unspecified atom stereocenters. The molecule has 9 nitrogen and oxygen atoms in total. The lowest BCUT2D eigenvalue weighted by molar-refractivity contribution is -0.137. The summed E-state index contributed by atoms with van der Waals surface area (Å²) in [5, 5.41) is 18.1. The second-order valence-corrected chi connectivity index (χ2v) is 9.26. The zero-order valence-corrected chi connectivity index (χ0v) is 21.4. The molecule has 0 atom stereocenters. The van der Waals surface area contributed by atoms with E-state index in [0.717, 1.165) is 11.0 Å². The Morgan fingerprint density at radius 3 is 2.47 bits per heavy atom. The molecule has 1 N–H and O–H groups in total. The molecule has 198 valence electrons. The number of nitriles is 1. The first kappa shape index (κ1) is 27.0. The molecule has 3 heterocycles. The van der Waals surface area contributed by atoms with Crippen molar-refractivity contribution in [1.29, 1.82) is 5.26 Å². The number of aromatic nitrogens is 2. The number of ether oxygens (including phenoxy) is 1. The summed E-state index contributed by atoms with van der Waals surface area (Å²) in [5.41, 5.74) is -2.75. The fourth-order valence-corrected chi connectivity index (χ4v) is 4.80. The SMILES string of the molecule is CCc1nc2ccc(N3C(=S)N(c4ccc(C#N)c(C(F)(F)F)c4)C(=O)C3(C)C)cn2c(=O)c1OCCO. The monoisotopic (exact) mass is 545 g/mol. The summed E-state index contributed by atoms with van der Waals surface area (Å²) >= 11 is 5.56. The minimum absolute atomic E-state index is 0.0191. The first-order valence-corrected chi connectivity index (χ1v) is 11.9. The predicted octanol–water partition coefficient (Wildman–Crippen LogP) is 3.44. The summed E-state index contributed by atoms with van der Waals surface area (Å²) in [6.45, 7) is 4.50. The van der Waals surface area contributed by atoms with Gasteiger partial charge in [-0.15, -0.1) is 0 Å². The van der Waals surface area contributed by atoms with Crippen molar-refractivity contribution in [3.05, 3.63) is 63.7 Å². The molecule has 2 aromatic heterocycles. The minimum Gasteiger partial charge on any atom is -0.484 e. The molecular weight excluding hydrogens is 523 g/mol. The molecule has 1 saturated heterocycles. The Bertz CT molecular complexity index is 1560. The number of pyridine rings is 1. The number of alkyl halides is 3. The van der Waals surface area contributed by atoms with Gasteiger partial charge in [-0.2, -0.15) is 18.4 Å². The molecule has 1 aromatic carbocycles. The number of anilines is 2. The van der Waals surface area contributed by atoms with Gasteiger partial charge in [0.2, 0.25) is 5.75 Å². The third kappa shape index (κ3) is 4.35. The van der Waals surface area contributed by atoms with E-state index in [1.54, 1.807) is 32.9 Å². The molecule has 0 bridgehead atoms. The quantitative estimate of drug-likeness (QED) is 0.469. The number of thiocarbonyl (C=S) groups is 1. The number of hydrogen-bond donors (Lipinski definition) is 1. The van der Waals surface area contributed by atoms with Crippen molar-refractivity contribution >= 4 is 40.3 Å². The highest BCUT2D eigenvalue weighted by Gasteiger charge is 2.51. The molecule has 3 aromatic rings. The maximum atomic E-state index is 13.6. The number of rotatable bonds is 6. The first-order valence-electron chi connectivity index (χ1n) is 11.5. The highest BCUT2D eigenvalue weighted by Crippen LogP contribution is 2.39. The minimum atomic E-state index is -4.82. The molecule has 1 aliphatic heterocycles. The topological polar surface area (TPSA) is 111 Å². The molecular formula is C25H22F3N5O4S. The van der Waals surface area contributed by atoms with Crippen LogP contribution in [0.5, 0.6) is 5.75 Å². The van der Waals surface area contributed by atoms with E-state index in [2.05, 4.69) is 4.98 Å². The van der Waals surface area contributed by atoms with Crippen LogP contribution in [0, 0.1) is 11.3 Å². The van der Waals surface area contributed by atoms with Crippen LogP contribution in [0.1, 0.15) is 37.6 Å². The standard InChI is InChI=1S/C25H22F3N5O4S/c1-4-18-20(37-10-9-34)21(35)31-13-16(7-8-19(31)30-18)33-23(38)32(22(36)24(33,2)3)15-6-5-14(12-29)17(11-15)25(26,27)28/h5-8,11,13,34H,4,9-10H2,1-3H3. The second kappa shape index (κ2) is 9.70. The van der Waals surface area contributed by atoms with Crippen LogP contribution < -0.4 is 20.1 Å². The van der Waals surface area contributed by atoms with E-state index < -0.39 is 34.3 Å². The fraction of sp³-hybridized carbons (Fsp3) is 0.320. The molecule has 38 heavy (non-hydrogen) atoms. The normalized spacial score (nSPS) is 15.3. The Morgan fingerprint density at radius 1 is 1.18 bits per heavy atom. The summed E-state index contributed by atoms with van der Waals surface area (Å²) in [5.74, 6) is -0.617. The van der Waals surface area contributed by atoms with Gasteiger partial charge in [0.25, 0.3) is 5.91 Å². The number of aliphatic hydroxyl groups excluding tert-OH is 1. The third-order valence-corrected chi connectivity index (χ3v) is 6.49. The maximum absolute atomic E-state index is 13.6. The number of amides is 1. The highest BCUT2D eigenvalue weighted by atomic mass is 32.1. The van der Waals surface area contributed by atoms with Crippen molar-refractivity contribution in [2.75, 3.05) is 23.0 Å². The van der Waals surface area contributed by atoms with Gasteiger partial charge in [-0.25, -0.2) is 4.98 Å². The third-order valence-electron chi connectivity index (χ3n) is 6.12. The first-order chi connectivity index (χ1) is 17.9. The number of hydrogen-bond acceptors (Lipinski definition) is 7. The van der Waals surface area contributed by atoms with Gasteiger partial charge in [-0.05, 0) is 62.8 Å². The lowest BCUT2D eigenvalue weighted by atomic mass is 10.0. The number of nitrogens with zero attached hydrogens (tertiary/aromatic N) is 5. The highest BCUT2D eigenvalue weighted by molar-refractivity contribution is 7.81. The molecule has 1 aliphatic rings. The number of carbonyl (C=O) groups excluding carboxylic acids is 1. The van der Waals surface area contributed by atoms with Crippen LogP contribution in [-0.4, -0.2) is 44.3 Å². The Hall–Kier alpha value is -4.02. The average molecular weight is 546 g/mol. The number of halogens is 3. The van der Waals surface area contributed by atoms with Crippen molar-refractivity contribution in [2.45, 2.75) is 38.9 Å². The summed E-state index contributed by atoms with van der Waals surface area (Å²) in [4.78, 5) is 33.5. The van der Waals surface area contributed by atoms with Crippen molar-refractivity contribution in [2.24, 2.45) is 0 Å². The number of aryl methyl sites for hydroxylation is 1. The molecule has 1 amide bonds. The van der Waals surface area contributed by atoms with Crippen molar-refractivity contribution < 1.29 is 27.8 Å². The van der Waals surface area contributed by atoms with Gasteiger partial charge in [0.05, 0.1) is 40.9 Å². The Labute approximate surface area is 220 Å². The average Bonchev–Trinajstić information content (AvgIpc) is 3.05. The van der Waals surface area contributed by atoms with E-state index in [4.69, 9.17) is 27.3 Å². The number of carbonyl (C=O) groups is 1. The zero-order chi connectivity index (χ0) is 28.0. The smallest absolute Gasteiger partial charge is 0.417 e. The number of aliphatic hydroxyl groups is 1. The van der Waals surface area contributed by atoms with Crippen molar-refractivity contribution in [3.63, 3.8) is 0 Å². The van der Waals surface area contributed by atoms with Crippen LogP contribution in [0.4, 0.5) is 24.5 Å². The Kier molecular flexibility index (Phi) is 6.90. The molecule has 1 fully saturated rings. The van der Waals surface area contributed by atoms with Gasteiger partial charge in [-0.1, -0.05) is 6.92 Å². The maximum Gasteiger partial charge on any atom is 0.417 e. The lowest BCUT2D eigenvalue weighted by Crippen LogP contribution is -2.44. The van der Waals surface area contributed by atoms with Crippen LogP contribution in [0.25, 0.3) is 5.65 Å². The van der Waals surface area contributed by atoms with Gasteiger partial charge in [-0.3, -0.25) is 18.9 Å². The van der Waals surface area contributed by atoms with Crippen molar-refractivity contribution in [3.8, 4) is 11.8 Å². The van der Waals surface area contributed by atoms with Gasteiger partial charge in [0.1, 0.15) is 17.8 Å². The molecule has 0 spiro atoms. The molecule has 4 rings (SSSR count). The Morgan fingerprint density at radius 2 is 1.87 bits per heavy atom. The van der Waals surface area contributed by atoms with Crippen LogP contribution in [-0.2, 0) is 17.4 Å². The van der Waals surface area contributed by atoms with Crippen LogP contribution in [0.2, 0.25) is 0 Å². The van der Waals surface area contributed by atoms with E-state index in [0.29, 0.717) is 29.5 Å². The molecule has 0 radical (unpaired) electrons. The second-order valence-electron chi connectivity index (χ2n) is 8.89. The zero-order valence-electron chi connectivity index (χ0n) is 20.5. The van der Waals surface area contributed by atoms with Crippen LogP contribution in [0.15, 0.2) is 41.3 Å². The lowest BCUT2D eigenvalue weighted by Gasteiger charge is -2.29. The van der Waals surface area contributed by atoms with Gasteiger partial charge in [0, 0.05) is 6.20 Å². The summed E-state index contributed by atoms with van der Waals surface area (Å²) in [6, 6.07) is 7.60. The number of benzene rings is 1. The van der Waals surface area contributed by atoms with E-state index in [1.807, 2.05) is 0 Å². The Balaban J connectivity index is 1.83. The van der Waals surface area contributed by atoms with Gasteiger partial charge < -0.3 is 14.7 Å². The van der Waals surface area contributed by atoms with E-state index in [-0.39, 0.29) is 29.8 Å². The molecule has 13 heteroatoms. The predicted molar refractivity (Wildman–Crippen MR) is 136 cm³/mol. The fourth-order valence-electron chi connectivity index (χ4n) is 4.28. The van der Waals surface area contributed by atoms with Crippen LogP contribution in [0.3, 0.4) is 0 Å². The van der Waals surface area contributed by atoms with Crippen molar-refractivity contribution in [1.82, 2.24) is 9.38 Å². The van der Waals surface area contributed by atoms with Crippen LogP contribution >= 0.6 is 12.2 Å². The summed E-state index contributed by atoms with van der Waals surface area (Å²) in [6.07, 6.45) is -2.99. The summed E-state index contributed by atoms with van der Waals surface area (Å²) < 4.78 is 47.4. The van der Waals surface area contributed by atoms with Gasteiger partial charge in [0.15, 0.2) is 5.11 Å². The largest absolute Gasteiger partial charge is 0.484 e. The van der Waals surface area contributed by atoms with E-state index in [1.165, 1.54) is 27.6 Å².